The molecule has 0 aliphatic carbocycles. The Kier molecular flexibility index (Phi) is 8.51. The van der Waals surface area contributed by atoms with E-state index in [1.54, 1.807) is 0 Å². The molecule has 0 fully saturated rings. The molecular weight excluding hydrogens is 120 g/mol. The first kappa shape index (κ1) is 12.4. The van der Waals surface area contributed by atoms with Gasteiger partial charge in [0, 0.05) is 0 Å². The predicted molar refractivity (Wildman–Crippen MR) is 50.2 cm³/mol. The van der Waals surface area contributed by atoms with Crippen molar-refractivity contribution in [3.05, 3.63) is 12.2 Å². The van der Waals surface area contributed by atoms with Gasteiger partial charge in [-0.15, -0.1) is 0 Å². The second-order valence-corrected chi connectivity index (χ2v) is 2.88. The topological polar surface area (TPSA) is 0 Å². The van der Waals surface area contributed by atoms with Gasteiger partial charge in [-0.2, -0.15) is 0 Å². The van der Waals surface area contributed by atoms with Gasteiger partial charge in [0.2, 0.25) is 0 Å². The molecule has 0 aromatic heterocycles. The average Bonchev–Trinajstić information content (AvgIpc) is 1.90. The largest absolute Gasteiger partial charge is 0.0999 e. The summed E-state index contributed by atoms with van der Waals surface area (Å²) in [5.74, 6) is 1.42. The maximum Gasteiger partial charge on any atom is -0.0214 e. The third-order valence-electron chi connectivity index (χ3n) is 1.78. The van der Waals surface area contributed by atoms with Crippen LogP contribution in [0, 0.1) is 11.8 Å². The zero-order chi connectivity index (χ0) is 8.73. The van der Waals surface area contributed by atoms with E-state index in [1.807, 2.05) is 13.8 Å². The van der Waals surface area contributed by atoms with E-state index in [9.17, 15) is 0 Å². The summed E-state index contributed by atoms with van der Waals surface area (Å²) in [4.78, 5) is 0. The lowest BCUT2D eigenvalue weighted by Gasteiger charge is -2.13. The summed E-state index contributed by atoms with van der Waals surface area (Å²) in [5.41, 5.74) is 1.29. The van der Waals surface area contributed by atoms with Gasteiger partial charge in [0.25, 0.3) is 0 Å². The van der Waals surface area contributed by atoms with Crippen molar-refractivity contribution in [1.29, 1.82) is 0 Å². The smallest absolute Gasteiger partial charge is 0.0214 e. The molecule has 0 heterocycles. The summed E-state index contributed by atoms with van der Waals surface area (Å²) in [6, 6.07) is 0. The van der Waals surface area contributed by atoms with Crippen LogP contribution in [0.1, 0.15) is 41.5 Å². The highest BCUT2D eigenvalue weighted by Crippen LogP contribution is 2.16. The van der Waals surface area contributed by atoms with Gasteiger partial charge in [0.1, 0.15) is 0 Å². The van der Waals surface area contributed by atoms with Gasteiger partial charge in [0.05, 0.1) is 0 Å². The minimum Gasteiger partial charge on any atom is -0.0999 e. The fourth-order valence-corrected chi connectivity index (χ4v) is 0.569. The molecule has 0 aliphatic rings. The average molecular weight is 142 g/mol. The second-order valence-electron chi connectivity index (χ2n) is 2.88. The standard InChI is InChI=1S/C8H16.C2H6/c1-6(2)8(5)7(3)4;1-2/h7-8H,1H2,2-5H3;1-2H3. The molecule has 1 atom stereocenters. The Morgan fingerprint density at radius 3 is 1.40 bits per heavy atom. The lowest BCUT2D eigenvalue weighted by atomic mass is 9.92. The number of rotatable bonds is 2. The fourth-order valence-electron chi connectivity index (χ4n) is 0.569. The van der Waals surface area contributed by atoms with E-state index < -0.39 is 0 Å². The Labute approximate surface area is 66.3 Å². The van der Waals surface area contributed by atoms with Crippen LogP contribution in [0.25, 0.3) is 0 Å². The maximum atomic E-state index is 3.88. The molecule has 10 heavy (non-hydrogen) atoms. The lowest BCUT2D eigenvalue weighted by molar-refractivity contribution is 0.481. The van der Waals surface area contributed by atoms with Crippen LogP contribution in [0.15, 0.2) is 12.2 Å². The Hall–Kier alpha value is -0.260. The summed E-state index contributed by atoms with van der Waals surface area (Å²) >= 11 is 0. The quantitative estimate of drug-likeness (QED) is 0.513. The van der Waals surface area contributed by atoms with Crippen LogP contribution in [-0.4, -0.2) is 0 Å². The third-order valence-corrected chi connectivity index (χ3v) is 1.78. The molecule has 0 aromatic rings. The molecule has 0 aliphatic heterocycles. The monoisotopic (exact) mass is 142 g/mol. The second kappa shape index (κ2) is 6.85. The molecule has 0 heteroatoms. The molecule has 62 valence electrons. The Bertz CT molecular complexity index is 80.0. The van der Waals surface area contributed by atoms with Gasteiger partial charge in [0.15, 0.2) is 0 Å². The first-order valence-corrected chi connectivity index (χ1v) is 4.21. The molecule has 0 nitrogen and oxygen atoms in total. The Balaban J connectivity index is 0. The predicted octanol–water partition coefficient (Wildman–Crippen LogP) is 3.88. The van der Waals surface area contributed by atoms with Crippen molar-refractivity contribution in [2.45, 2.75) is 41.5 Å². The van der Waals surface area contributed by atoms with Crippen molar-refractivity contribution >= 4 is 0 Å². The number of allylic oxidation sites excluding steroid dienone is 1. The van der Waals surface area contributed by atoms with E-state index in [4.69, 9.17) is 0 Å². The Morgan fingerprint density at radius 2 is 1.40 bits per heavy atom. The molecule has 0 N–H and O–H groups in total. The van der Waals surface area contributed by atoms with Gasteiger partial charge < -0.3 is 0 Å². The van der Waals surface area contributed by atoms with Gasteiger partial charge in [-0.3, -0.25) is 0 Å². The number of hydrogen-bond donors (Lipinski definition) is 0. The van der Waals surface area contributed by atoms with Crippen LogP contribution in [0.2, 0.25) is 0 Å². The van der Waals surface area contributed by atoms with Crippen LogP contribution >= 0.6 is 0 Å². The highest BCUT2D eigenvalue weighted by atomic mass is 14.1. The van der Waals surface area contributed by atoms with Crippen molar-refractivity contribution in [3.8, 4) is 0 Å². The van der Waals surface area contributed by atoms with Crippen LogP contribution in [0.3, 0.4) is 0 Å². The van der Waals surface area contributed by atoms with E-state index in [0.717, 1.165) is 5.92 Å². The van der Waals surface area contributed by atoms with E-state index in [-0.39, 0.29) is 0 Å². The van der Waals surface area contributed by atoms with Gasteiger partial charge >= 0.3 is 0 Å². The molecule has 0 rings (SSSR count). The van der Waals surface area contributed by atoms with Crippen LogP contribution in [0.5, 0.6) is 0 Å². The first-order chi connectivity index (χ1) is 4.55. The van der Waals surface area contributed by atoms with Crippen molar-refractivity contribution < 1.29 is 0 Å². The normalized spacial score (nSPS) is 11.9. The zero-order valence-corrected chi connectivity index (χ0v) is 8.36. The van der Waals surface area contributed by atoms with Crippen LogP contribution in [-0.2, 0) is 0 Å². The molecule has 0 saturated carbocycles. The van der Waals surface area contributed by atoms with E-state index >= 15 is 0 Å². The molecule has 0 saturated heterocycles. The molecule has 0 radical (unpaired) electrons. The molecule has 0 spiro atoms. The summed E-state index contributed by atoms with van der Waals surface area (Å²) in [5, 5.41) is 0. The minimum absolute atomic E-state index is 0.676. The number of hydrogen-bond acceptors (Lipinski definition) is 0. The summed E-state index contributed by atoms with van der Waals surface area (Å²) in [6.07, 6.45) is 0. The highest BCUT2D eigenvalue weighted by Gasteiger charge is 2.05. The van der Waals surface area contributed by atoms with Crippen LogP contribution in [0.4, 0.5) is 0 Å². The van der Waals surface area contributed by atoms with Crippen LogP contribution < -0.4 is 0 Å². The summed E-state index contributed by atoms with van der Waals surface area (Å²) in [6.45, 7) is 16.6. The van der Waals surface area contributed by atoms with E-state index in [0.29, 0.717) is 5.92 Å². The molecule has 0 bridgehead atoms. The van der Waals surface area contributed by atoms with E-state index in [2.05, 4.69) is 34.3 Å². The summed E-state index contributed by atoms with van der Waals surface area (Å²) < 4.78 is 0. The Morgan fingerprint density at radius 1 is 1.10 bits per heavy atom. The van der Waals surface area contributed by atoms with Crippen molar-refractivity contribution in [2.75, 3.05) is 0 Å². The van der Waals surface area contributed by atoms with Gasteiger partial charge in [-0.25, -0.2) is 0 Å². The van der Waals surface area contributed by atoms with Crippen molar-refractivity contribution in [1.82, 2.24) is 0 Å². The maximum absolute atomic E-state index is 3.88. The fraction of sp³-hybridized carbons (Fsp3) is 0.800. The first-order valence-electron chi connectivity index (χ1n) is 4.21. The van der Waals surface area contributed by atoms with Crippen molar-refractivity contribution in [2.24, 2.45) is 11.8 Å². The molecule has 1 unspecified atom stereocenters. The molecule has 0 aromatic carbocycles. The van der Waals surface area contributed by atoms with Gasteiger partial charge in [-0.05, 0) is 18.8 Å². The molecular formula is C10H22. The molecule has 0 amide bonds. The third kappa shape index (κ3) is 5.87. The van der Waals surface area contributed by atoms with E-state index in [1.165, 1.54) is 5.57 Å². The van der Waals surface area contributed by atoms with Gasteiger partial charge in [-0.1, -0.05) is 46.8 Å². The zero-order valence-electron chi connectivity index (χ0n) is 8.36. The SMILES string of the molecule is C=C(C)C(C)C(C)C.CC. The summed E-state index contributed by atoms with van der Waals surface area (Å²) in [7, 11) is 0. The van der Waals surface area contributed by atoms with Crippen molar-refractivity contribution in [3.63, 3.8) is 0 Å². The minimum atomic E-state index is 0.676. The highest BCUT2D eigenvalue weighted by molar-refractivity contribution is 4.94. The lowest BCUT2D eigenvalue weighted by Crippen LogP contribution is -2.03.